The van der Waals surface area contributed by atoms with Gasteiger partial charge in [-0.05, 0) is 44.2 Å². The van der Waals surface area contributed by atoms with Gasteiger partial charge in [0.05, 0.1) is 5.56 Å². The summed E-state index contributed by atoms with van der Waals surface area (Å²) in [7, 11) is 0. The third-order valence-electron chi connectivity index (χ3n) is 5.43. The molecule has 6 heteroatoms. The van der Waals surface area contributed by atoms with E-state index in [1.807, 2.05) is 11.8 Å². The number of likely N-dealkylation sites (tertiary alicyclic amines) is 2. The van der Waals surface area contributed by atoms with E-state index in [2.05, 4.69) is 0 Å². The van der Waals surface area contributed by atoms with Gasteiger partial charge >= 0.3 is 0 Å². The lowest BCUT2D eigenvalue weighted by Gasteiger charge is -2.47. The van der Waals surface area contributed by atoms with Crippen molar-refractivity contribution in [1.29, 1.82) is 0 Å². The maximum absolute atomic E-state index is 13.9. The van der Waals surface area contributed by atoms with Crippen LogP contribution in [0.3, 0.4) is 0 Å². The minimum absolute atomic E-state index is 0.131. The van der Waals surface area contributed by atoms with Crippen LogP contribution >= 0.6 is 0 Å². The Morgan fingerprint density at radius 1 is 1.31 bits per heavy atom. The van der Waals surface area contributed by atoms with E-state index in [-0.39, 0.29) is 29.3 Å². The third kappa shape index (κ3) is 4.06. The van der Waals surface area contributed by atoms with Gasteiger partial charge in [0.25, 0.3) is 5.91 Å². The molecule has 0 unspecified atom stereocenters. The average molecular weight is 362 g/mol. The molecule has 2 atom stereocenters. The Balaban J connectivity index is 1.63. The number of benzene rings is 1. The molecule has 0 N–H and O–H groups in total. The summed E-state index contributed by atoms with van der Waals surface area (Å²) in [5.41, 5.74) is 0.131. The molecule has 0 spiro atoms. The van der Waals surface area contributed by atoms with E-state index in [4.69, 9.17) is 4.74 Å². The van der Waals surface area contributed by atoms with Crippen molar-refractivity contribution in [2.75, 3.05) is 32.8 Å². The number of piperidine rings is 2. The van der Waals surface area contributed by atoms with Crippen LogP contribution in [0.5, 0.6) is 0 Å². The van der Waals surface area contributed by atoms with E-state index in [1.54, 1.807) is 17.0 Å². The number of rotatable bonds is 6. The Labute approximate surface area is 154 Å². The largest absolute Gasteiger partial charge is 0.382 e. The second-order valence-corrected chi connectivity index (χ2v) is 7.02. The Kier molecular flexibility index (Phi) is 6.25. The number of ether oxygens (including phenoxy) is 1. The van der Waals surface area contributed by atoms with Crippen molar-refractivity contribution < 1.29 is 18.7 Å². The summed E-state index contributed by atoms with van der Waals surface area (Å²) in [6.45, 7) is 5.17. The molecule has 0 aliphatic carbocycles. The summed E-state index contributed by atoms with van der Waals surface area (Å²) in [6.07, 6.45) is 2.91. The highest BCUT2D eigenvalue weighted by Gasteiger charge is 2.40. The first kappa shape index (κ1) is 18.8. The molecule has 5 nitrogen and oxygen atoms in total. The zero-order valence-corrected chi connectivity index (χ0v) is 15.3. The topological polar surface area (TPSA) is 49.9 Å². The first-order chi connectivity index (χ1) is 12.6. The zero-order chi connectivity index (χ0) is 18.5. The SMILES string of the molecule is CCOCCCN1C(=O)CC[C@@H]2CN(C(=O)c3ccccc3F)CC[C@@H]21. The summed E-state index contributed by atoms with van der Waals surface area (Å²) in [4.78, 5) is 28.8. The molecule has 142 valence electrons. The van der Waals surface area contributed by atoms with Gasteiger partial charge in [0, 0.05) is 45.3 Å². The van der Waals surface area contributed by atoms with E-state index < -0.39 is 5.82 Å². The van der Waals surface area contributed by atoms with E-state index in [0.717, 1.165) is 19.3 Å². The lowest BCUT2D eigenvalue weighted by molar-refractivity contribution is -0.140. The molecule has 2 aliphatic heterocycles. The molecule has 26 heavy (non-hydrogen) atoms. The van der Waals surface area contributed by atoms with E-state index in [9.17, 15) is 14.0 Å². The average Bonchev–Trinajstić information content (AvgIpc) is 2.66. The molecule has 0 bridgehead atoms. The number of hydrogen-bond acceptors (Lipinski definition) is 3. The van der Waals surface area contributed by atoms with Crippen LogP contribution in [0.25, 0.3) is 0 Å². The van der Waals surface area contributed by atoms with Gasteiger partial charge in [0.1, 0.15) is 5.82 Å². The van der Waals surface area contributed by atoms with Crippen molar-refractivity contribution in [1.82, 2.24) is 9.80 Å². The van der Waals surface area contributed by atoms with Crippen LogP contribution in [-0.2, 0) is 9.53 Å². The van der Waals surface area contributed by atoms with Gasteiger partial charge in [-0.3, -0.25) is 9.59 Å². The molecular formula is C20H27FN2O3. The van der Waals surface area contributed by atoms with Crippen molar-refractivity contribution >= 4 is 11.8 Å². The maximum atomic E-state index is 13.9. The quantitative estimate of drug-likeness (QED) is 0.731. The van der Waals surface area contributed by atoms with Crippen LogP contribution in [-0.4, -0.2) is 60.5 Å². The van der Waals surface area contributed by atoms with Gasteiger partial charge in [-0.2, -0.15) is 0 Å². The predicted molar refractivity (Wildman–Crippen MR) is 96.3 cm³/mol. The standard InChI is InChI=1S/C20H27FN2O3/c1-2-26-13-5-11-23-18-10-12-22(14-15(18)8-9-19(23)24)20(25)16-6-3-4-7-17(16)21/h3-4,6-7,15,18H,2,5,8-14H2,1H3/t15-,18+/m1/s1. The van der Waals surface area contributed by atoms with Gasteiger partial charge in [0.2, 0.25) is 5.91 Å². The number of carbonyl (C=O) groups is 2. The molecule has 1 aromatic rings. The van der Waals surface area contributed by atoms with Gasteiger partial charge in [-0.25, -0.2) is 4.39 Å². The Morgan fingerprint density at radius 2 is 2.12 bits per heavy atom. The van der Waals surface area contributed by atoms with Crippen molar-refractivity contribution in [3.8, 4) is 0 Å². The number of carbonyl (C=O) groups excluding carboxylic acids is 2. The van der Waals surface area contributed by atoms with Crippen LogP contribution in [0.2, 0.25) is 0 Å². The normalized spacial score (nSPS) is 23.1. The highest BCUT2D eigenvalue weighted by Crippen LogP contribution is 2.32. The summed E-state index contributed by atoms with van der Waals surface area (Å²) in [5, 5.41) is 0. The highest BCUT2D eigenvalue weighted by molar-refractivity contribution is 5.94. The molecule has 0 aromatic heterocycles. The Bertz CT molecular complexity index is 652. The minimum Gasteiger partial charge on any atom is -0.382 e. The molecule has 2 amide bonds. The summed E-state index contributed by atoms with van der Waals surface area (Å²) >= 11 is 0. The van der Waals surface area contributed by atoms with Crippen LogP contribution in [0.1, 0.15) is 43.0 Å². The Hall–Kier alpha value is -1.95. The molecule has 2 fully saturated rings. The second kappa shape index (κ2) is 8.62. The fourth-order valence-electron chi connectivity index (χ4n) is 4.11. The van der Waals surface area contributed by atoms with E-state index in [1.165, 1.54) is 12.1 Å². The molecular weight excluding hydrogens is 335 g/mol. The monoisotopic (exact) mass is 362 g/mol. The molecule has 2 aliphatic rings. The molecule has 0 saturated carbocycles. The van der Waals surface area contributed by atoms with Crippen molar-refractivity contribution in [2.24, 2.45) is 5.92 Å². The smallest absolute Gasteiger partial charge is 0.256 e. The van der Waals surface area contributed by atoms with Gasteiger partial charge < -0.3 is 14.5 Å². The first-order valence-corrected chi connectivity index (χ1v) is 9.52. The van der Waals surface area contributed by atoms with Crippen LogP contribution < -0.4 is 0 Å². The number of amides is 2. The number of halogens is 1. The second-order valence-electron chi connectivity index (χ2n) is 7.02. The van der Waals surface area contributed by atoms with Crippen molar-refractivity contribution in [3.05, 3.63) is 35.6 Å². The number of fused-ring (bicyclic) bond motifs is 1. The van der Waals surface area contributed by atoms with Crippen molar-refractivity contribution in [2.45, 2.75) is 38.6 Å². The molecule has 2 saturated heterocycles. The summed E-state index contributed by atoms with van der Waals surface area (Å²) in [5.74, 6) is -0.252. The third-order valence-corrected chi connectivity index (χ3v) is 5.43. The minimum atomic E-state index is -0.476. The number of nitrogens with zero attached hydrogens (tertiary/aromatic N) is 2. The van der Waals surface area contributed by atoms with Crippen LogP contribution in [0.15, 0.2) is 24.3 Å². The van der Waals surface area contributed by atoms with Crippen LogP contribution in [0, 0.1) is 11.7 Å². The van der Waals surface area contributed by atoms with Gasteiger partial charge in [-0.1, -0.05) is 12.1 Å². The lowest BCUT2D eigenvalue weighted by Crippen LogP contribution is -2.57. The van der Waals surface area contributed by atoms with Gasteiger partial charge in [-0.15, -0.1) is 0 Å². The number of hydrogen-bond donors (Lipinski definition) is 0. The van der Waals surface area contributed by atoms with E-state index >= 15 is 0 Å². The first-order valence-electron chi connectivity index (χ1n) is 9.52. The molecule has 1 aromatic carbocycles. The zero-order valence-electron chi connectivity index (χ0n) is 15.3. The molecule has 2 heterocycles. The fraction of sp³-hybridized carbons (Fsp3) is 0.600. The fourth-order valence-corrected chi connectivity index (χ4v) is 4.11. The lowest BCUT2D eigenvalue weighted by atomic mass is 9.83. The predicted octanol–water partition coefficient (Wildman–Crippen LogP) is 2.71. The van der Waals surface area contributed by atoms with Crippen LogP contribution in [0.4, 0.5) is 4.39 Å². The van der Waals surface area contributed by atoms with Gasteiger partial charge in [0.15, 0.2) is 0 Å². The molecule has 0 radical (unpaired) electrons. The summed E-state index contributed by atoms with van der Waals surface area (Å²) < 4.78 is 19.3. The van der Waals surface area contributed by atoms with E-state index in [0.29, 0.717) is 39.3 Å². The highest BCUT2D eigenvalue weighted by atomic mass is 19.1. The Morgan fingerprint density at radius 3 is 2.88 bits per heavy atom. The maximum Gasteiger partial charge on any atom is 0.256 e. The summed E-state index contributed by atoms with van der Waals surface area (Å²) in [6, 6.07) is 6.31. The molecule has 3 rings (SSSR count). The van der Waals surface area contributed by atoms with Crippen molar-refractivity contribution in [3.63, 3.8) is 0 Å².